The second kappa shape index (κ2) is 7.23. The fourth-order valence-corrected chi connectivity index (χ4v) is 2.35. The molecule has 0 aliphatic carbocycles. The number of aromatic amines is 1. The van der Waals surface area contributed by atoms with E-state index < -0.39 is 0 Å². The van der Waals surface area contributed by atoms with E-state index >= 15 is 0 Å². The molecule has 1 heterocycles. The van der Waals surface area contributed by atoms with E-state index in [4.69, 9.17) is 0 Å². The molecule has 24 heavy (non-hydrogen) atoms. The molecular formula is C18H15BrN4O. The lowest BCUT2D eigenvalue weighted by Crippen LogP contribution is -2.17. The summed E-state index contributed by atoms with van der Waals surface area (Å²) < 4.78 is 0.991. The minimum atomic E-state index is -0.339. The van der Waals surface area contributed by atoms with Crippen LogP contribution in [0.1, 0.15) is 21.6 Å². The molecule has 0 saturated carbocycles. The largest absolute Gasteiger partial charge is 0.289 e. The van der Waals surface area contributed by atoms with Gasteiger partial charge in [-0.05, 0) is 30.7 Å². The predicted molar refractivity (Wildman–Crippen MR) is 98.0 cm³/mol. The lowest BCUT2D eigenvalue weighted by molar-refractivity contribution is 0.0950. The topological polar surface area (TPSA) is 70.1 Å². The standard InChI is InChI=1S/C18H15BrN4O/c1-12-2-6-14(7-3-12)16-10-17(22-21-16)18(24)23-20-11-13-4-8-15(19)9-5-13/h2-11H,1H3,(H,21,22)(H,23,24)/b20-11-. The zero-order valence-corrected chi connectivity index (χ0v) is 14.5. The molecule has 3 rings (SSSR count). The van der Waals surface area contributed by atoms with Crippen LogP contribution in [0.4, 0.5) is 0 Å². The first-order valence-electron chi connectivity index (χ1n) is 7.33. The first kappa shape index (κ1) is 16.1. The van der Waals surface area contributed by atoms with Crippen molar-refractivity contribution in [2.75, 3.05) is 0 Å². The van der Waals surface area contributed by atoms with E-state index in [1.165, 1.54) is 5.56 Å². The van der Waals surface area contributed by atoms with Gasteiger partial charge in [-0.25, -0.2) is 5.43 Å². The fourth-order valence-electron chi connectivity index (χ4n) is 2.08. The van der Waals surface area contributed by atoms with Crippen LogP contribution >= 0.6 is 15.9 Å². The number of H-pyrrole nitrogens is 1. The van der Waals surface area contributed by atoms with Crippen molar-refractivity contribution in [3.05, 3.63) is 75.9 Å². The molecule has 0 bridgehead atoms. The van der Waals surface area contributed by atoms with Gasteiger partial charge in [-0.1, -0.05) is 57.9 Å². The number of benzene rings is 2. The van der Waals surface area contributed by atoms with Crippen molar-refractivity contribution in [1.29, 1.82) is 0 Å². The van der Waals surface area contributed by atoms with Crippen LogP contribution < -0.4 is 5.43 Å². The Morgan fingerprint density at radius 3 is 2.58 bits per heavy atom. The Morgan fingerprint density at radius 1 is 1.17 bits per heavy atom. The smallest absolute Gasteiger partial charge is 0.272 e. The van der Waals surface area contributed by atoms with Gasteiger partial charge in [-0.2, -0.15) is 10.2 Å². The maximum absolute atomic E-state index is 12.1. The summed E-state index contributed by atoms with van der Waals surface area (Å²) in [6.45, 7) is 2.02. The van der Waals surface area contributed by atoms with Crippen LogP contribution in [-0.2, 0) is 0 Å². The number of nitrogens with one attached hydrogen (secondary N) is 2. The molecule has 0 saturated heterocycles. The summed E-state index contributed by atoms with van der Waals surface area (Å²) in [7, 11) is 0. The van der Waals surface area contributed by atoms with Crippen LogP contribution in [0.25, 0.3) is 11.3 Å². The van der Waals surface area contributed by atoms with Crippen LogP contribution in [0, 0.1) is 6.92 Å². The predicted octanol–water partition coefficient (Wildman–Crippen LogP) is 3.91. The van der Waals surface area contributed by atoms with Gasteiger partial charge < -0.3 is 0 Å². The Balaban J connectivity index is 1.65. The lowest BCUT2D eigenvalue weighted by atomic mass is 10.1. The van der Waals surface area contributed by atoms with E-state index in [0.29, 0.717) is 5.69 Å². The molecule has 0 radical (unpaired) electrons. The van der Waals surface area contributed by atoms with E-state index in [-0.39, 0.29) is 5.91 Å². The number of rotatable bonds is 4. The van der Waals surface area contributed by atoms with Gasteiger partial charge in [0.05, 0.1) is 11.9 Å². The second-order valence-corrected chi connectivity index (χ2v) is 6.20. The van der Waals surface area contributed by atoms with Crippen LogP contribution in [0.3, 0.4) is 0 Å². The highest BCUT2D eigenvalue weighted by molar-refractivity contribution is 9.10. The third-order valence-corrected chi connectivity index (χ3v) is 3.95. The van der Waals surface area contributed by atoms with Gasteiger partial charge in [-0.3, -0.25) is 9.89 Å². The van der Waals surface area contributed by atoms with Crippen molar-refractivity contribution in [2.45, 2.75) is 6.92 Å². The Bertz CT molecular complexity index is 867. The number of hydrogen-bond donors (Lipinski definition) is 2. The molecule has 0 spiro atoms. The van der Waals surface area contributed by atoms with E-state index in [1.807, 2.05) is 55.5 Å². The van der Waals surface area contributed by atoms with Gasteiger partial charge in [-0.15, -0.1) is 0 Å². The van der Waals surface area contributed by atoms with Crippen molar-refractivity contribution < 1.29 is 4.79 Å². The number of carbonyl (C=O) groups is 1. The summed E-state index contributed by atoms with van der Waals surface area (Å²) in [4.78, 5) is 12.1. The molecule has 0 aliphatic rings. The Morgan fingerprint density at radius 2 is 1.88 bits per heavy atom. The summed E-state index contributed by atoms with van der Waals surface area (Å²) in [5.41, 5.74) is 6.58. The van der Waals surface area contributed by atoms with E-state index in [2.05, 4.69) is 36.7 Å². The molecule has 0 unspecified atom stereocenters. The van der Waals surface area contributed by atoms with Crippen LogP contribution in [0.15, 0.2) is 64.2 Å². The Kier molecular flexibility index (Phi) is 4.86. The molecule has 5 nitrogen and oxygen atoms in total. The molecule has 0 fully saturated rings. The molecule has 3 aromatic rings. The number of halogens is 1. The molecule has 2 aromatic carbocycles. The first-order valence-corrected chi connectivity index (χ1v) is 8.12. The maximum Gasteiger partial charge on any atom is 0.289 e. The highest BCUT2D eigenvalue weighted by Crippen LogP contribution is 2.18. The van der Waals surface area contributed by atoms with Gasteiger partial charge in [0.15, 0.2) is 0 Å². The lowest BCUT2D eigenvalue weighted by Gasteiger charge is -1.97. The van der Waals surface area contributed by atoms with Crippen LogP contribution in [0.2, 0.25) is 0 Å². The van der Waals surface area contributed by atoms with Crippen molar-refractivity contribution in [1.82, 2.24) is 15.6 Å². The highest BCUT2D eigenvalue weighted by Gasteiger charge is 2.10. The van der Waals surface area contributed by atoms with Crippen molar-refractivity contribution in [2.24, 2.45) is 5.10 Å². The molecule has 1 aromatic heterocycles. The van der Waals surface area contributed by atoms with Gasteiger partial charge in [0.25, 0.3) is 5.91 Å². The second-order valence-electron chi connectivity index (χ2n) is 5.28. The molecule has 1 amide bonds. The summed E-state index contributed by atoms with van der Waals surface area (Å²) >= 11 is 3.37. The van der Waals surface area contributed by atoms with Crippen LogP contribution in [0.5, 0.6) is 0 Å². The summed E-state index contributed by atoms with van der Waals surface area (Å²) in [6.07, 6.45) is 1.58. The average molecular weight is 383 g/mol. The molecule has 0 aliphatic heterocycles. The maximum atomic E-state index is 12.1. The minimum Gasteiger partial charge on any atom is -0.272 e. The number of aromatic nitrogens is 2. The molecule has 0 atom stereocenters. The third kappa shape index (κ3) is 3.97. The van der Waals surface area contributed by atoms with Crippen molar-refractivity contribution >= 4 is 28.1 Å². The van der Waals surface area contributed by atoms with Gasteiger partial charge in [0.1, 0.15) is 5.69 Å². The van der Waals surface area contributed by atoms with Crippen molar-refractivity contribution in [3.63, 3.8) is 0 Å². The quantitative estimate of drug-likeness (QED) is 0.530. The minimum absolute atomic E-state index is 0.339. The normalized spacial score (nSPS) is 10.9. The molecular weight excluding hydrogens is 368 g/mol. The zero-order chi connectivity index (χ0) is 16.9. The van der Waals surface area contributed by atoms with Gasteiger partial charge in [0, 0.05) is 10.0 Å². The molecule has 6 heteroatoms. The highest BCUT2D eigenvalue weighted by atomic mass is 79.9. The first-order chi connectivity index (χ1) is 11.6. The van der Waals surface area contributed by atoms with E-state index in [9.17, 15) is 4.79 Å². The summed E-state index contributed by atoms with van der Waals surface area (Å²) in [5, 5.41) is 10.9. The van der Waals surface area contributed by atoms with E-state index in [0.717, 1.165) is 21.3 Å². The molecule has 2 N–H and O–H groups in total. The Labute approximate surface area is 147 Å². The number of carbonyl (C=O) groups excluding carboxylic acids is 1. The number of aryl methyl sites for hydroxylation is 1. The molecule has 120 valence electrons. The average Bonchev–Trinajstić information content (AvgIpc) is 3.07. The number of nitrogens with zero attached hydrogens (tertiary/aromatic N) is 2. The van der Waals surface area contributed by atoms with E-state index in [1.54, 1.807) is 12.3 Å². The SMILES string of the molecule is Cc1ccc(-c2cc(C(=O)N/N=C\c3ccc(Br)cc3)[nH]n2)cc1. The summed E-state index contributed by atoms with van der Waals surface area (Å²) in [6, 6.07) is 17.3. The zero-order valence-electron chi connectivity index (χ0n) is 13.0. The number of amides is 1. The van der Waals surface area contributed by atoms with Gasteiger partial charge >= 0.3 is 0 Å². The monoisotopic (exact) mass is 382 g/mol. The summed E-state index contributed by atoms with van der Waals surface area (Å²) in [5.74, 6) is -0.339. The fraction of sp³-hybridized carbons (Fsp3) is 0.0556. The van der Waals surface area contributed by atoms with Crippen LogP contribution in [-0.4, -0.2) is 22.3 Å². The Hall–Kier alpha value is -2.73. The third-order valence-electron chi connectivity index (χ3n) is 3.42. The number of hydrogen-bond acceptors (Lipinski definition) is 3. The number of hydrazone groups is 1. The van der Waals surface area contributed by atoms with Gasteiger partial charge in [0.2, 0.25) is 0 Å². The van der Waals surface area contributed by atoms with Crippen molar-refractivity contribution in [3.8, 4) is 11.3 Å².